The van der Waals surface area contributed by atoms with E-state index in [1.807, 2.05) is 28.8 Å². The van der Waals surface area contributed by atoms with Crippen molar-refractivity contribution in [3.63, 3.8) is 0 Å². The van der Waals surface area contributed by atoms with Crippen LogP contribution in [0.25, 0.3) is 5.65 Å². The normalized spacial score (nSPS) is 11.9. The second-order valence-corrected chi connectivity index (χ2v) is 6.47. The summed E-state index contributed by atoms with van der Waals surface area (Å²) in [5, 5.41) is 15.1. The van der Waals surface area contributed by atoms with Crippen molar-refractivity contribution in [3.8, 4) is 0 Å². The molecule has 0 atom stereocenters. The van der Waals surface area contributed by atoms with Gasteiger partial charge in [-0.1, -0.05) is 37.3 Å². The molecule has 0 aliphatic heterocycles. The number of aliphatic imine (C=N–C) groups is 1. The van der Waals surface area contributed by atoms with E-state index in [0.29, 0.717) is 13.1 Å². The van der Waals surface area contributed by atoms with Gasteiger partial charge < -0.3 is 15.5 Å². The van der Waals surface area contributed by atoms with Crippen LogP contribution >= 0.6 is 0 Å². The summed E-state index contributed by atoms with van der Waals surface area (Å²) in [7, 11) is 3.90. The maximum Gasteiger partial charge on any atom is 0.191 e. The Bertz CT molecular complexity index is 900. The van der Waals surface area contributed by atoms with Crippen molar-refractivity contribution in [1.82, 2.24) is 30.1 Å². The van der Waals surface area contributed by atoms with Gasteiger partial charge in [0.25, 0.3) is 0 Å². The zero-order chi connectivity index (χ0) is 19.1. The number of hydrogen-bond donors (Lipinski definition) is 2. The van der Waals surface area contributed by atoms with Gasteiger partial charge in [-0.3, -0.25) is 9.39 Å². The molecule has 2 N–H and O–H groups in total. The quantitative estimate of drug-likeness (QED) is 0.495. The molecule has 3 aromatic rings. The zero-order valence-electron chi connectivity index (χ0n) is 16.2. The fourth-order valence-electron chi connectivity index (χ4n) is 2.84. The molecule has 7 nitrogen and oxygen atoms in total. The molecule has 0 bridgehead atoms. The lowest BCUT2D eigenvalue weighted by molar-refractivity contribution is 0.345. The van der Waals surface area contributed by atoms with E-state index >= 15 is 0 Å². The fourth-order valence-corrected chi connectivity index (χ4v) is 2.84. The summed E-state index contributed by atoms with van der Waals surface area (Å²) in [4.78, 5) is 6.58. The summed E-state index contributed by atoms with van der Waals surface area (Å²) >= 11 is 0. The molecule has 0 saturated heterocycles. The highest BCUT2D eigenvalue weighted by atomic mass is 15.3. The van der Waals surface area contributed by atoms with Crippen molar-refractivity contribution in [2.45, 2.75) is 26.6 Å². The Labute approximate surface area is 160 Å². The third kappa shape index (κ3) is 5.04. The Kier molecular flexibility index (Phi) is 6.38. The highest BCUT2D eigenvalue weighted by Crippen LogP contribution is 2.07. The number of guanidine groups is 1. The van der Waals surface area contributed by atoms with E-state index in [2.05, 4.69) is 69.0 Å². The fraction of sp³-hybridized carbons (Fsp3) is 0.350. The summed E-state index contributed by atoms with van der Waals surface area (Å²) in [5.41, 5.74) is 3.38. The summed E-state index contributed by atoms with van der Waals surface area (Å²) in [6.45, 7) is 5.42. The van der Waals surface area contributed by atoms with E-state index < -0.39 is 0 Å². The van der Waals surface area contributed by atoms with Crippen LogP contribution < -0.4 is 10.6 Å². The second kappa shape index (κ2) is 9.14. The molecule has 7 heteroatoms. The van der Waals surface area contributed by atoms with E-state index in [9.17, 15) is 0 Å². The molecule has 0 saturated carbocycles. The van der Waals surface area contributed by atoms with E-state index in [1.165, 1.54) is 11.1 Å². The van der Waals surface area contributed by atoms with Gasteiger partial charge in [0.1, 0.15) is 0 Å². The molecular weight excluding hydrogens is 338 g/mol. The number of nitrogens with one attached hydrogen (secondary N) is 2. The summed E-state index contributed by atoms with van der Waals surface area (Å²) < 4.78 is 1.97. The number of nitrogens with zero attached hydrogens (tertiary/aromatic N) is 5. The molecule has 0 aliphatic carbocycles. The predicted octanol–water partition coefficient (Wildman–Crippen LogP) is 2.05. The minimum Gasteiger partial charge on any atom is -0.352 e. The molecule has 2 aromatic heterocycles. The van der Waals surface area contributed by atoms with E-state index in [1.54, 1.807) is 7.05 Å². The van der Waals surface area contributed by atoms with Crippen LogP contribution in [-0.4, -0.2) is 46.1 Å². The number of benzene rings is 1. The molecule has 0 amide bonds. The van der Waals surface area contributed by atoms with Crippen LogP contribution in [0.3, 0.4) is 0 Å². The second-order valence-electron chi connectivity index (χ2n) is 6.47. The summed E-state index contributed by atoms with van der Waals surface area (Å²) in [5.74, 6) is 1.58. The number of hydrogen-bond acceptors (Lipinski definition) is 4. The van der Waals surface area contributed by atoms with Gasteiger partial charge in [-0.15, -0.1) is 10.2 Å². The van der Waals surface area contributed by atoms with E-state index in [4.69, 9.17) is 0 Å². The van der Waals surface area contributed by atoms with Gasteiger partial charge in [0.2, 0.25) is 0 Å². The predicted molar refractivity (Wildman–Crippen MR) is 108 cm³/mol. The molecule has 3 rings (SSSR count). The van der Waals surface area contributed by atoms with Gasteiger partial charge in [-0.2, -0.15) is 0 Å². The first kappa shape index (κ1) is 18.8. The molecule has 1 aromatic carbocycles. The first-order valence-electron chi connectivity index (χ1n) is 9.19. The zero-order valence-corrected chi connectivity index (χ0v) is 16.2. The lowest BCUT2D eigenvalue weighted by Crippen LogP contribution is -2.36. The standard InChI is InChI=1S/C20H27N7/c1-4-26(3)15-17-9-7-8-16(12-17)13-22-20(21-2)23-14-19-25-24-18-10-5-6-11-27(18)19/h5-12H,4,13-15H2,1-3H3,(H2,21,22,23). The summed E-state index contributed by atoms with van der Waals surface area (Å²) in [6.07, 6.45) is 1.96. The molecule has 142 valence electrons. The SMILES string of the molecule is CCN(C)Cc1cccc(CNC(=NC)NCc2nnc3ccccn23)c1. The minimum absolute atomic E-state index is 0.548. The number of pyridine rings is 1. The number of rotatable bonds is 7. The van der Waals surface area contributed by atoms with Crippen LogP contribution in [0.1, 0.15) is 23.9 Å². The number of aromatic nitrogens is 3. The Morgan fingerprint density at radius 1 is 1.07 bits per heavy atom. The van der Waals surface area contributed by atoms with Crippen LogP contribution in [0.5, 0.6) is 0 Å². The van der Waals surface area contributed by atoms with Crippen LogP contribution in [-0.2, 0) is 19.6 Å². The van der Waals surface area contributed by atoms with E-state index in [-0.39, 0.29) is 0 Å². The molecular formula is C20H27N7. The Morgan fingerprint density at radius 3 is 2.70 bits per heavy atom. The van der Waals surface area contributed by atoms with Crippen molar-refractivity contribution in [2.24, 2.45) is 4.99 Å². The maximum atomic E-state index is 4.30. The van der Waals surface area contributed by atoms with Crippen LogP contribution in [0.4, 0.5) is 0 Å². The summed E-state index contributed by atoms with van der Waals surface area (Å²) in [6, 6.07) is 14.5. The van der Waals surface area contributed by atoms with Crippen molar-refractivity contribution in [3.05, 3.63) is 65.6 Å². The van der Waals surface area contributed by atoms with Crippen LogP contribution in [0.2, 0.25) is 0 Å². The molecule has 0 radical (unpaired) electrons. The highest BCUT2D eigenvalue weighted by Gasteiger charge is 2.06. The topological polar surface area (TPSA) is 69.8 Å². The van der Waals surface area contributed by atoms with Crippen LogP contribution in [0, 0.1) is 0 Å². The van der Waals surface area contributed by atoms with Crippen molar-refractivity contribution >= 4 is 11.6 Å². The van der Waals surface area contributed by atoms with Crippen molar-refractivity contribution in [2.75, 3.05) is 20.6 Å². The van der Waals surface area contributed by atoms with E-state index in [0.717, 1.165) is 30.5 Å². The molecule has 0 aliphatic rings. The van der Waals surface area contributed by atoms with Gasteiger partial charge >= 0.3 is 0 Å². The third-order valence-corrected chi connectivity index (χ3v) is 4.47. The third-order valence-electron chi connectivity index (χ3n) is 4.47. The largest absolute Gasteiger partial charge is 0.352 e. The lowest BCUT2D eigenvalue weighted by atomic mass is 10.1. The Hall–Kier alpha value is -2.93. The molecule has 0 spiro atoms. The van der Waals surface area contributed by atoms with Crippen molar-refractivity contribution < 1.29 is 0 Å². The molecule has 2 heterocycles. The van der Waals surface area contributed by atoms with Gasteiger partial charge in [-0.25, -0.2) is 0 Å². The number of fused-ring (bicyclic) bond motifs is 1. The monoisotopic (exact) mass is 365 g/mol. The first-order chi connectivity index (χ1) is 13.2. The first-order valence-corrected chi connectivity index (χ1v) is 9.19. The maximum absolute atomic E-state index is 4.30. The van der Waals surface area contributed by atoms with Crippen molar-refractivity contribution in [1.29, 1.82) is 0 Å². The molecule has 27 heavy (non-hydrogen) atoms. The van der Waals surface area contributed by atoms with Gasteiger partial charge in [0.05, 0.1) is 6.54 Å². The van der Waals surface area contributed by atoms with Gasteiger partial charge in [-0.05, 0) is 36.9 Å². The van der Waals surface area contributed by atoms with Crippen LogP contribution in [0.15, 0.2) is 53.7 Å². The Balaban J connectivity index is 1.56. The molecule has 0 unspecified atom stereocenters. The van der Waals surface area contributed by atoms with Gasteiger partial charge in [0.15, 0.2) is 17.4 Å². The lowest BCUT2D eigenvalue weighted by Gasteiger charge is -2.15. The average Bonchev–Trinajstić information content (AvgIpc) is 3.11. The minimum atomic E-state index is 0.548. The highest BCUT2D eigenvalue weighted by molar-refractivity contribution is 5.79. The molecule has 0 fully saturated rings. The average molecular weight is 365 g/mol. The smallest absolute Gasteiger partial charge is 0.191 e. The van der Waals surface area contributed by atoms with Gasteiger partial charge in [0, 0.05) is 26.3 Å². The Morgan fingerprint density at radius 2 is 1.89 bits per heavy atom.